The molecule has 94 valence electrons. The Balaban J connectivity index is 2.18. The van der Waals surface area contributed by atoms with Gasteiger partial charge in [-0.2, -0.15) is 12.6 Å². The van der Waals surface area contributed by atoms with Crippen molar-refractivity contribution in [2.24, 2.45) is 0 Å². The van der Waals surface area contributed by atoms with E-state index in [1.54, 1.807) is 0 Å². The fourth-order valence-electron chi connectivity index (χ4n) is 1.24. The molecule has 1 aromatic rings. The average Bonchev–Trinajstić information content (AvgIpc) is 2.26. The zero-order valence-electron chi connectivity index (χ0n) is 10.3. The summed E-state index contributed by atoms with van der Waals surface area (Å²) in [6.07, 6.45) is 0.419. The molecule has 0 saturated carbocycles. The first kappa shape index (κ1) is 13.9. The summed E-state index contributed by atoms with van der Waals surface area (Å²) in [5, 5.41) is 2.70. The van der Waals surface area contributed by atoms with Gasteiger partial charge in [-0.05, 0) is 12.0 Å². The maximum absolute atomic E-state index is 11.3. The molecule has 4 heteroatoms. The second-order valence-corrected chi connectivity index (χ2v) is 5.76. The van der Waals surface area contributed by atoms with Crippen molar-refractivity contribution in [1.29, 1.82) is 0 Å². The number of nitrogens with one attached hydrogen (secondary N) is 1. The van der Waals surface area contributed by atoms with Crippen LogP contribution in [-0.4, -0.2) is 17.4 Å². The predicted octanol–water partition coefficient (Wildman–Crippen LogP) is 3.01. The molecule has 0 bridgehead atoms. The molecule has 0 fully saturated rings. The Morgan fingerprint density at radius 3 is 2.59 bits per heavy atom. The Labute approximate surface area is 108 Å². The van der Waals surface area contributed by atoms with Crippen molar-refractivity contribution in [3.05, 3.63) is 35.9 Å². The lowest BCUT2D eigenvalue weighted by Gasteiger charge is -2.16. The van der Waals surface area contributed by atoms with Gasteiger partial charge in [0, 0.05) is 11.3 Å². The van der Waals surface area contributed by atoms with Gasteiger partial charge in [0.25, 0.3) is 0 Å². The highest BCUT2D eigenvalue weighted by atomic mass is 32.1. The minimum atomic E-state index is -0.383. The van der Waals surface area contributed by atoms with Gasteiger partial charge >= 0.3 is 6.09 Å². The standard InChI is InChI=1S/C13H19NO2S/c1-13(2,17)8-9-14-12(15)16-10-11-6-4-3-5-7-11/h3-7,17H,8-10H2,1-2H3,(H,14,15). The van der Waals surface area contributed by atoms with Crippen molar-refractivity contribution in [1.82, 2.24) is 5.32 Å². The number of alkyl carbamates (subject to hydrolysis) is 1. The Hall–Kier alpha value is -1.16. The zero-order valence-corrected chi connectivity index (χ0v) is 11.2. The van der Waals surface area contributed by atoms with E-state index in [1.165, 1.54) is 0 Å². The van der Waals surface area contributed by atoms with Crippen LogP contribution >= 0.6 is 12.6 Å². The lowest BCUT2D eigenvalue weighted by molar-refractivity contribution is 0.139. The summed E-state index contributed by atoms with van der Waals surface area (Å²) >= 11 is 4.37. The summed E-state index contributed by atoms with van der Waals surface area (Å²) in [5.74, 6) is 0. The largest absolute Gasteiger partial charge is 0.445 e. The van der Waals surface area contributed by atoms with E-state index in [1.807, 2.05) is 44.2 Å². The number of amides is 1. The summed E-state index contributed by atoms with van der Waals surface area (Å²) in [4.78, 5) is 11.3. The van der Waals surface area contributed by atoms with Crippen molar-refractivity contribution in [3.63, 3.8) is 0 Å². The number of ether oxygens (including phenoxy) is 1. The molecule has 0 unspecified atom stereocenters. The first-order valence-corrected chi connectivity index (χ1v) is 6.09. The van der Waals surface area contributed by atoms with Gasteiger partial charge in [-0.3, -0.25) is 0 Å². The van der Waals surface area contributed by atoms with Gasteiger partial charge in [0.15, 0.2) is 0 Å². The van der Waals surface area contributed by atoms with Crippen molar-refractivity contribution >= 4 is 18.7 Å². The van der Waals surface area contributed by atoms with E-state index in [0.29, 0.717) is 13.2 Å². The van der Waals surface area contributed by atoms with E-state index in [0.717, 1.165) is 12.0 Å². The summed E-state index contributed by atoms with van der Waals surface area (Å²) in [5.41, 5.74) is 0.983. The molecule has 0 aliphatic carbocycles. The van der Waals surface area contributed by atoms with Crippen LogP contribution in [-0.2, 0) is 11.3 Å². The lowest BCUT2D eigenvalue weighted by Crippen LogP contribution is -2.28. The molecule has 1 rings (SSSR count). The quantitative estimate of drug-likeness (QED) is 0.792. The van der Waals surface area contributed by atoms with Crippen LogP contribution in [0, 0.1) is 0 Å². The molecule has 0 heterocycles. The highest BCUT2D eigenvalue weighted by Crippen LogP contribution is 2.15. The Bertz CT molecular complexity index is 346. The number of carbonyl (C=O) groups excluding carboxylic acids is 1. The molecular formula is C13H19NO2S. The number of carbonyl (C=O) groups is 1. The molecule has 17 heavy (non-hydrogen) atoms. The number of benzene rings is 1. The fraction of sp³-hybridized carbons (Fsp3) is 0.462. The monoisotopic (exact) mass is 253 g/mol. The predicted molar refractivity (Wildman–Crippen MR) is 72.3 cm³/mol. The molecule has 0 spiro atoms. The molecule has 0 aromatic heterocycles. The molecule has 1 amide bonds. The maximum atomic E-state index is 11.3. The van der Waals surface area contributed by atoms with E-state index in [9.17, 15) is 4.79 Å². The van der Waals surface area contributed by atoms with Crippen LogP contribution in [0.2, 0.25) is 0 Å². The fourth-order valence-corrected chi connectivity index (χ4v) is 1.36. The van der Waals surface area contributed by atoms with Crippen LogP contribution in [0.3, 0.4) is 0 Å². The van der Waals surface area contributed by atoms with Crippen LogP contribution in [0.5, 0.6) is 0 Å². The maximum Gasteiger partial charge on any atom is 0.407 e. The highest BCUT2D eigenvalue weighted by Gasteiger charge is 2.11. The summed E-state index contributed by atoms with van der Waals surface area (Å²) in [6.45, 7) is 4.89. The number of hydrogen-bond donors (Lipinski definition) is 2. The molecule has 0 radical (unpaired) electrons. The minimum Gasteiger partial charge on any atom is -0.445 e. The average molecular weight is 253 g/mol. The molecule has 1 N–H and O–H groups in total. The minimum absolute atomic E-state index is 0.0767. The number of rotatable bonds is 5. The second-order valence-electron chi connectivity index (χ2n) is 4.55. The summed E-state index contributed by atoms with van der Waals surface area (Å²) < 4.78 is 4.99. The molecule has 3 nitrogen and oxygen atoms in total. The number of hydrogen-bond acceptors (Lipinski definition) is 3. The van der Waals surface area contributed by atoms with Gasteiger partial charge in [0.05, 0.1) is 0 Å². The van der Waals surface area contributed by atoms with E-state index < -0.39 is 0 Å². The van der Waals surface area contributed by atoms with Gasteiger partial charge in [0.2, 0.25) is 0 Å². The third-order valence-electron chi connectivity index (χ3n) is 2.22. The SMILES string of the molecule is CC(C)(S)CCNC(=O)OCc1ccccc1. The summed E-state index contributed by atoms with van der Waals surface area (Å²) in [7, 11) is 0. The van der Waals surface area contributed by atoms with Gasteiger partial charge in [0.1, 0.15) is 6.61 Å². The van der Waals surface area contributed by atoms with Crippen LogP contribution in [0.15, 0.2) is 30.3 Å². The van der Waals surface area contributed by atoms with E-state index >= 15 is 0 Å². The van der Waals surface area contributed by atoms with Crippen LogP contribution in [0.4, 0.5) is 4.79 Å². The Morgan fingerprint density at radius 1 is 1.35 bits per heavy atom. The smallest absolute Gasteiger partial charge is 0.407 e. The van der Waals surface area contributed by atoms with Gasteiger partial charge in [-0.15, -0.1) is 0 Å². The van der Waals surface area contributed by atoms with Crippen molar-refractivity contribution in [3.8, 4) is 0 Å². The first-order chi connectivity index (χ1) is 7.97. The third kappa shape index (κ3) is 6.89. The van der Waals surface area contributed by atoms with Crippen LogP contribution in [0.25, 0.3) is 0 Å². The molecule has 1 aromatic carbocycles. The van der Waals surface area contributed by atoms with E-state index in [-0.39, 0.29) is 10.8 Å². The molecule has 0 saturated heterocycles. The normalized spacial score (nSPS) is 11.0. The lowest BCUT2D eigenvalue weighted by atomic mass is 10.1. The third-order valence-corrected chi connectivity index (χ3v) is 2.44. The highest BCUT2D eigenvalue weighted by molar-refractivity contribution is 7.81. The van der Waals surface area contributed by atoms with Gasteiger partial charge < -0.3 is 10.1 Å². The zero-order chi connectivity index (χ0) is 12.7. The van der Waals surface area contributed by atoms with E-state index in [4.69, 9.17) is 4.74 Å². The van der Waals surface area contributed by atoms with E-state index in [2.05, 4.69) is 17.9 Å². The van der Waals surface area contributed by atoms with Crippen molar-refractivity contribution in [2.75, 3.05) is 6.54 Å². The van der Waals surface area contributed by atoms with Gasteiger partial charge in [-0.25, -0.2) is 4.79 Å². The molecule has 0 aliphatic rings. The first-order valence-electron chi connectivity index (χ1n) is 5.64. The molecular weight excluding hydrogens is 234 g/mol. The van der Waals surface area contributed by atoms with Crippen LogP contribution < -0.4 is 5.32 Å². The second kappa shape index (κ2) is 6.55. The van der Waals surface area contributed by atoms with Crippen molar-refractivity contribution < 1.29 is 9.53 Å². The van der Waals surface area contributed by atoms with Crippen LogP contribution in [0.1, 0.15) is 25.8 Å². The topological polar surface area (TPSA) is 38.3 Å². The van der Waals surface area contributed by atoms with Gasteiger partial charge in [-0.1, -0.05) is 44.2 Å². The molecule has 0 atom stereocenters. The van der Waals surface area contributed by atoms with Crippen molar-refractivity contribution in [2.45, 2.75) is 31.6 Å². The molecule has 0 aliphatic heterocycles. The Kier molecular flexibility index (Phi) is 5.35. The Morgan fingerprint density at radius 2 is 2.00 bits per heavy atom. The number of thiol groups is 1. The summed E-state index contributed by atoms with van der Waals surface area (Å²) in [6, 6.07) is 9.60.